The maximum atomic E-state index is 13.3. The Morgan fingerprint density at radius 2 is 1.86 bits per heavy atom. The van der Waals surface area contributed by atoms with E-state index >= 15 is 0 Å². The lowest BCUT2D eigenvalue weighted by Crippen LogP contribution is -2.03. The van der Waals surface area contributed by atoms with E-state index in [-0.39, 0.29) is 5.82 Å². The van der Waals surface area contributed by atoms with Crippen molar-refractivity contribution >= 4 is 52.4 Å². The van der Waals surface area contributed by atoms with Crippen LogP contribution in [0.5, 0.6) is 5.75 Å². The quantitative estimate of drug-likeness (QED) is 0.420. The highest BCUT2D eigenvalue weighted by Crippen LogP contribution is 2.33. The fraction of sp³-hybridized carbons (Fsp3) is 0.158. The minimum Gasteiger partial charge on any atom is -0.497 e. The Labute approximate surface area is 172 Å². The highest BCUT2D eigenvalue weighted by Gasteiger charge is 2.11. The third kappa shape index (κ3) is 4.76. The number of aromatic nitrogens is 2. The minimum absolute atomic E-state index is 0.296. The van der Waals surface area contributed by atoms with Gasteiger partial charge in [0.1, 0.15) is 16.6 Å². The summed E-state index contributed by atoms with van der Waals surface area (Å²) in [6, 6.07) is 10.0. The predicted octanol–water partition coefficient (Wildman–Crippen LogP) is 5.76. The van der Waals surface area contributed by atoms with Gasteiger partial charge in [0.05, 0.1) is 24.7 Å². The number of benzene rings is 2. The zero-order valence-corrected chi connectivity index (χ0v) is 17.1. The summed E-state index contributed by atoms with van der Waals surface area (Å²) in [5.74, 6) is 1.21. The normalized spacial score (nSPS) is 10.5. The van der Waals surface area contributed by atoms with Gasteiger partial charge in [-0.2, -0.15) is 4.98 Å². The molecule has 0 amide bonds. The van der Waals surface area contributed by atoms with Crippen molar-refractivity contribution in [2.24, 2.45) is 0 Å². The van der Waals surface area contributed by atoms with Gasteiger partial charge in [-0.15, -0.1) is 0 Å². The van der Waals surface area contributed by atoms with Crippen molar-refractivity contribution in [2.45, 2.75) is 6.92 Å². The van der Waals surface area contributed by atoms with Crippen LogP contribution in [0, 0.1) is 12.7 Å². The average Bonchev–Trinajstić information content (AvgIpc) is 2.68. The van der Waals surface area contributed by atoms with Gasteiger partial charge in [-0.25, -0.2) is 9.37 Å². The first-order valence-electron chi connectivity index (χ1n) is 8.30. The summed E-state index contributed by atoms with van der Waals surface area (Å²) in [6.07, 6.45) is 3.43. The second kappa shape index (κ2) is 8.99. The number of hydrogen-bond acceptors (Lipinski definition) is 7. The van der Waals surface area contributed by atoms with E-state index in [4.69, 9.17) is 16.3 Å². The Balaban J connectivity index is 1.88. The van der Waals surface area contributed by atoms with Gasteiger partial charge in [0.2, 0.25) is 5.95 Å². The first kappa shape index (κ1) is 20.0. The lowest BCUT2D eigenvalue weighted by molar-refractivity contribution is 0.415. The van der Waals surface area contributed by atoms with Gasteiger partial charge in [0.25, 0.3) is 0 Å². The highest BCUT2D eigenvalue weighted by molar-refractivity contribution is 7.99. The molecule has 0 aliphatic carbocycles. The standard InChI is InChI=1S/C19H19ClFN5OS/c1-11-8-12(21)4-6-15(11)24-19-22-10-14(20)18(25-19)23-16-7-5-13(27-2)9-17(16)26-28-3/h4-10,26H,1-3H3,(H2,22,23,24,25). The molecule has 28 heavy (non-hydrogen) atoms. The molecule has 0 saturated carbocycles. The van der Waals surface area contributed by atoms with Crippen LogP contribution in [0.25, 0.3) is 0 Å². The van der Waals surface area contributed by atoms with E-state index in [0.29, 0.717) is 22.5 Å². The first-order chi connectivity index (χ1) is 13.5. The van der Waals surface area contributed by atoms with Crippen LogP contribution >= 0.6 is 23.5 Å². The molecule has 0 atom stereocenters. The average molecular weight is 420 g/mol. The van der Waals surface area contributed by atoms with Crippen molar-refractivity contribution in [3.05, 3.63) is 59.0 Å². The molecule has 0 aliphatic heterocycles. The maximum absolute atomic E-state index is 13.3. The smallest absolute Gasteiger partial charge is 0.229 e. The zero-order chi connectivity index (χ0) is 20.1. The van der Waals surface area contributed by atoms with E-state index in [9.17, 15) is 4.39 Å². The molecule has 0 unspecified atom stereocenters. The summed E-state index contributed by atoms with van der Waals surface area (Å²) in [6.45, 7) is 1.80. The number of ether oxygens (including phenoxy) is 1. The van der Waals surface area contributed by atoms with E-state index in [1.165, 1.54) is 30.3 Å². The molecule has 0 fully saturated rings. The molecule has 9 heteroatoms. The van der Waals surface area contributed by atoms with E-state index in [2.05, 4.69) is 25.3 Å². The van der Waals surface area contributed by atoms with E-state index in [1.54, 1.807) is 20.1 Å². The number of hydrogen-bond donors (Lipinski definition) is 3. The Bertz CT molecular complexity index is 989. The monoisotopic (exact) mass is 419 g/mol. The summed E-state index contributed by atoms with van der Waals surface area (Å²) >= 11 is 7.73. The SMILES string of the molecule is COc1ccc(Nc2nc(Nc3ccc(F)cc3C)ncc2Cl)c(NSC)c1. The molecule has 0 aliphatic rings. The molecule has 146 valence electrons. The Hall–Kier alpha value is -2.71. The van der Waals surface area contributed by atoms with Crippen molar-refractivity contribution in [2.75, 3.05) is 28.7 Å². The molecular formula is C19H19ClFN5OS. The topological polar surface area (TPSA) is 71.1 Å². The number of halogens is 2. The number of aryl methyl sites for hydroxylation is 1. The van der Waals surface area contributed by atoms with Crippen LogP contribution < -0.4 is 20.1 Å². The van der Waals surface area contributed by atoms with Gasteiger partial charge < -0.3 is 20.1 Å². The van der Waals surface area contributed by atoms with Crippen LogP contribution in [-0.2, 0) is 0 Å². The van der Waals surface area contributed by atoms with Crippen molar-refractivity contribution in [3.8, 4) is 5.75 Å². The predicted molar refractivity (Wildman–Crippen MR) is 115 cm³/mol. The van der Waals surface area contributed by atoms with Crippen molar-refractivity contribution in [1.29, 1.82) is 0 Å². The summed E-state index contributed by atoms with van der Waals surface area (Å²) < 4.78 is 21.8. The zero-order valence-electron chi connectivity index (χ0n) is 15.5. The minimum atomic E-state index is -0.296. The largest absolute Gasteiger partial charge is 0.497 e. The van der Waals surface area contributed by atoms with Gasteiger partial charge in [0, 0.05) is 18.0 Å². The van der Waals surface area contributed by atoms with Crippen LogP contribution in [0.1, 0.15) is 5.56 Å². The van der Waals surface area contributed by atoms with Crippen LogP contribution in [0.2, 0.25) is 5.02 Å². The molecular weight excluding hydrogens is 401 g/mol. The van der Waals surface area contributed by atoms with E-state index in [1.807, 2.05) is 24.5 Å². The number of nitrogens with zero attached hydrogens (tertiary/aromatic N) is 2. The molecule has 2 aromatic carbocycles. The second-order valence-corrected chi connectivity index (χ2v) is 6.84. The van der Waals surface area contributed by atoms with Crippen molar-refractivity contribution in [1.82, 2.24) is 9.97 Å². The summed E-state index contributed by atoms with van der Waals surface area (Å²) in [4.78, 5) is 8.64. The molecule has 3 aromatic rings. The highest BCUT2D eigenvalue weighted by atomic mass is 35.5. The Morgan fingerprint density at radius 3 is 2.57 bits per heavy atom. The van der Waals surface area contributed by atoms with Crippen LogP contribution in [0.15, 0.2) is 42.6 Å². The van der Waals surface area contributed by atoms with Gasteiger partial charge in [-0.05, 0) is 42.8 Å². The van der Waals surface area contributed by atoms with Gasteiger partial charge in [-0.3, -0.25) is 0 Å². The van der Waals surface area contributed by atoms with E-state index < -0.39 is 0 Å². The third-order valence-electron chi connectivity index (χ3n) is 3.87. The lowest BCUT2D eigenvalue weighted by Gasteiger charge is -2.15. The van der Waals surface area contributed by atoms with Crippen molar-refractivity contribution in [3.63, 3.8) is 0 Å². The van der Waals surface area contributed by atoms with E-state index in [0.717, 1.165) is 22.7 Å². The van der Waals surface area contributed by atoms with Crippen LogP contribution in [-0.4, -0.2) is 23.3 Å². The summed E-state index contributed by atoms with van der Waals surface area (Å²) in [7, 11) is 1.61. The van der Waals surface area contributed by atoms with Crippen molar-refractivity contribution < 1.29 is 9.13 Å². The fourth-order valence-electron chi connectivity index (χ4n) is 2.48. The van der Waals surface area contributed by atoms with Gasteiger partial charge in [-0.1, -0.05) is 23.5 Å². The molecule has 0 bridgehead atoms. The summed E-state index contributed by atoms with van der Waals surface area (Å²) in [5.41, 5.74) is 3.06. The number of nitrogens with one attached hydrogen (secondary N) is 3. The summed E-state index contributed by atoms with van der Waals surface area (Å²) in [5, 5.41) is 6.66. The molecule has 0 radical (unpaired) electrons. The van der Waals surface area contributed by atoms with Gasteiger partial charge in [0.15, 0.2) is 5.82 Å². The molecule has 0 saturated heterocycles. The second-order valence-electron chi connectivity index (χ2n) is 5.82. The van der Waals surface area contributed by atoms with Gasteiger partial charge >= 0.3 is 0 Å². The molecule has 0 spiro atoms. The number of rotatable bonds is 7. The Morgan fingerprint density at radius 1 is 1.07 bits per heavy atom. The molecule has 3 N–H and O–H groups in total. The maximum Gasteiger partial charge on any atom is 0.229 e. The number of methoxy groups -OCH3 is 1. The molecule has 1 aromatic heterocycles. The molecule has 3 rings (SSSR count). The van der Waals surface area contributed by atoms with Crippen LogP contribution in [0.4, 0.5) is 33.2 Å². The first-order valence-corrected chi connectivity index (χ1v) is 9.90. The lowest BCUT2D eigenvalue weighted by atomic mass is 10.2. The molecule has 1 heterocycles. The fourth-order valence-corrected chi connectivity index (χ4v) is 3.01. The van der Waals surface area contributed by atoms with Crippen LogP contribution in [0.3, 0.4) is 0 Å². The number of anilines is 5. The molecule has 6 nitrogen and oxygen atoms in total. The third-order valence-corrected chi connectivity index (χ3v) is 4.57. The Kier molecular flexibility index (Phi) is 6.43.